The molecule has 3 aromatic rings. The number of carboxylic acid groups (broad SMARTS) is 1. The number of carbonyl (C=O) groups excluding carboxylic acids is 1. The van der Waals surface area contributed by atoms with Crippen molar-refractivity contribution < 1.29 is 54.5 Å². The minimum Gasteiger partial charge on any atom is -0.494 e. The van der Waals surface area contributed by atoms with Crippen LogP contribution < -0.4 is 19.9 Å². The molecular formula is C35H42F5N3O7S. The van der Waals surface area contributed by atoms with Crippen molar-refractivity contribution >= 4 is 32.7 Å². The largest absolute Gasteiger partial charge is 0.494 e. The number of hydrogen-bond acceptors (Lipinski definition) is 7. The van der Waals surface area contributed by atoms with E-state index in [-0.39, 0.29) is 35.9 Å². The number of carbonyl (C=O) groups is 2. The van der Waals surface area contributed by atoms with Crippen molar-refractivity contribution in [1.82, 2.24) is 9.62 Å². The molecule has 1 saturated carbocycles. The van der Waals surface area contributed by atoms with Gasteiger partial charge in [-0.1, -0.05) is 37.6 Å². The zero-order valence-electron chi connectivity index (χ0n) is 28.0. The highest BCUT2D eigenvalue weighted by molar-refractivity contribution is 7.89. The number of alkyl halides is 5. The van der Waals surface area contributed by atoms with Crippen molar-refractivity contribution in [2.75, 3.05) is 19.7 Å². The fraction of sp³-hybridized carbons (Fsp3) is 0.486. The third-order valence-corrected chi connectivity index (χ3v) is 10.1. The number of nitrogens with two attached hydrogens (primary N) is 1. The summed E-state index contributed by atoms with van der Waals surface area (Å²) in [6, 6.07) is 12.5. The van der Waals surface area contributed by atoms with Crippen LogP contribution in [0.5, 0.6) is 11.5 Å². The Morgan fingerprint density at radius 1 is 0.941 bits per heavy atom. The zero-order valence-corrected chi connectivity index (χ0v) is 28.8. The number of unbranched alkanes of at least 4 members (excludes halogenated alkanes) is 1. The predicted molar refractivity (Wildman–Crippen MR) is 179 cm³/mol. The van der Waals surface area contributed by atoms with Gasteiger partial charge in [0.2, 0.25) is 15.9 Å². The molecule has 0 spiro atoms. The molecule has 5 rings (SSSR count). The number of fused-ring (bicyclic) bond motifs is 1. The lowest BCUT2D eigenvalue weighted by atomic mass is 9.98. The molecule has 1 aliphatic heterocycles. The Labute approximate surface area is 293 Å². The van der Waals surface area contributed by atoms with Gasteiger partial charge in [-0.3, -0.25) is 4.79 Å². The number of nitrogens with one attached hydrogen (secondary N) is 1. The number of hydrogen-bond donors (Lipinski definition) is 3. The van der Waals surface area contributed by atoms with E-state index in [1.165, 1.54) is 29.2 Å². The molecule has 10 nitrogen and oxygen atoms in total. The van der Waals surface area contributed by atoms with Crippen molar-refractivity contribution in [3.8, 4) is 11.5 Å². The van der Waals surface area contributed by atoms with Gasteiger partial charge in [0.25, 0.3) is 5.92 Å². The summed E-state index contributed by atoms with van der Waals surface area (Å²) in [5, 5.41) is 8.48. The average molecular weight is 744 g/mol. The van der Waals surface area contributed by atoms with E-state index in [4.69, 9.17) is 25.1 Å². The highest BCUT2D eigenvalue weighted by Gasteiger charge is 2.50. The molecule has 0 radical (unpaired) electrons. The van der Waals surface area contributed by atoms with Crippen molar-refractivity contribution in [1.29, 1.82) is 0 Å². The molecule has 3 aromatic carbocycles. The van der Waals surface area contributed by atoms with E-state index in [9.17, 15) is 26.4 Å². The van der Waals surface area contributed by atoms with Gasteiger partial charge in [-0.15, -0.1) is 0 Å². The van der Waals surface area contributed by atoms with Crippen LogP contribution in [0, 0.1) is 0 Å². The van der Waals surface area contributed by atoms with Crippen LogP contribution in [-0.2, 0) is 25.5 Å². The van der Waals surface area contributed by atoms with E-state index in [0.29, 0.717) is 30.6 Å². The Balaban J connectivity index is 0.000000755. The van der Waals surface area contributed by atoms with Crippen LogP contribution in [0.1, 0.15) is 63.9 Å². The summed E-state index contributed by atoms with van der Waals surface area (Å²) >= 11 is 0. The standard InChI is InChI=1S/C33H41F2N3O5S.C2HF3O2/c1-2-3-19-42-28-10-6-7-25(22-28)33(34,35)31(32(39)38-17-15-26(36)16-18-38)37-44(40,41)30-14-12-23-20-29(13-11-24(23)21-30)43-27-8-4-5-9-27;3-2(4,5)1(6)7/h6-7,10-14,20-22,26-27,31,37H,2-5,8-9,15-19,36H2,1H3;(H,6,7)/t31-;/m1./s1. The number of halogens is 5. The first-order valence-electron chi connectivity index (χ1n) is 16.7. The number of nitrogens with zero attached hydrogens (tertiary/aromatic N) is 1. The highest BCUT2D eigenvalue weighted by Crippen LogP contribution is 2.36. The van der Waals surface area contributed by atoms with Crippen LogP contribution in [0.25, 0.3) is 10.8 Å². The van der Waals surface area contributed by atoms with Gasteiger partial charge in [-0.25, -0.2) is 13.2 Å². The Morgan fingerprint density at radius 2 is 1.57 bits per heavy atom. The Bertz CT molecular complexity index is 1760. The monoisotopic (exact) mass is 743 g/mol. The summed E-state index contributed by atoms with van der Waals surface area (Å²) in [4.78, 5) is 23.6. The molecule has 16 heteroatoms. The number of ether oxygens (including phenoxy) is 2. The van der Waals surface area contributed by atoms with Crippen LogP contribution in [0.15, 0.2) is 65.6 Å². The van der Waals surface area contributed by atoms with Gasteiger partial charge >= 0.3 is 12.1 Å². The topological polar surface area (TPSA) is 148 Å². The molecule has 0 bridgehead atoms. The second kappa shape index (κ2) is 17.0. The summed E-state index contributed by atoms with van der Waals surface area (Å²) in [6.45, 7) is 2.66. The number of rotatable bonds is 12. The van der Waals surface area contributed by atoms with E-state index < -0.39 is 45.6 Å². The number of amides is 1. The second-order valence-electron chi connectivity index (χ2n) is 12.6. The first-order chi connectivity index (χ1) is 24.0. The fourth-order valence-electron chi connectivity index (χ4n) is 5.74. The molecule has 0 unspecified atom stereocenters. The van der Waals surface area contributed by atoms with Crippen molar-refractivity contribution in [3.63, 3.8) is 0 Å². The minimum absolute atomic E-state index is 0.145. The molecule has 1 saturated heterocycles. The van der Waals surface area contributed by atoms with Gasteiger partial charge in [0.15, 0.2) is 6.04 Å². The fourth-order valence-corrected chi connectivity index (χ4v) is 6.96. The summed E-state index contributed by atoms with van der Waals surface area (Å²) in [7, 11) is -4.56. The molecule has 51 heavy (non-hydrogen) atoms. The SMILES string of the molecule is CCCCOc1cccc(C(F)(F)[C@H](NS(=O)(=O)c2ccc3cc(OC4CCCC4)ccc3c2)C(=O)N2CCC(N)CC2)c1.O=C(O)C(F)(F)F. The van der Waals surface area contributed by atoms with Crippen LogP contribution >= 0.6 is 0 Å². The number of piperidine rings is 1. The van der Waals surface area contributed by atoms with Crippen LogP contribution in [0.2, 0.25) is 0 Å². The van der Waals surface area contributed by atoms with Crippen LogP contribution in [0.3, 0.4) is 0 Å². The lowest BCUT2D eigenvalue weighted by Crippen LogP contribution is -2.57. The maximum Gasteiger partial charge on any atom is 0.490 e. The number of benzene rings is 3. The predicted octanol–water partition coefficient (Wildman–Crippen LogP) is 6.36. The van der Waals surface area contributed by atoms with Crippen molar-refractivity contribution in [2.45, 2.75) is 93.5 Å². The molecule has 1 heterocycles. The summed E-state index contributed by atoms with van der Waals surface area (Å²) in [6.07, 6.45) is 1.88. The van der Waals surface area contributed by atoms with E-state index in [1.54, 1.807) is 24.3 Å². The molecule has 280 valence electrons. The van der Waals surface area contributed by atoms with Crippen molar-refractivity contribution in [2.24, 2.45) is 5.73 Å². The van der Waals surface area contributed by atoms with Gasteiger partial charge < -0.3 is 25.2 Å². The maximum atomic E-state index is 16.3. The van der Waals surface area contributed by atoms with Crippen LogP contribution in [0.4, 0.5) is 22.0 Å². The zero-order chi connectivity index (χ0) is 37.4. The second-order valence-corrected chi connectivity index (χ2v) is 14.3. The molecular weight excluding hydrogens is 701 g/mol. The number of likely N-dealkylation sites (tertiary alicyclic amines) is 1. The van der Waals surface area contributed by atoms with Gasteiger partial charge in [0.05, 0.1) is 17.6 Å². The normalized spacial score (nSPS) is 16.7. The van der Waals surface area contributed by atoms with Crippen molar-refractivity contribution in [3.05, 3.63) is 66.2 Å². The highest BCUT2D eigenvalue weighted by atomic mass is 32.2. The van der Waals surface area contributed by atoms with E-state index >= 15 is 8.78 Å². The number of sulfonamides is 1. The molecule has 0 aromatic heterocycles. The smallest absolute Gasteiger partial charge is 0.490 e. The van der Waals surface area contributed by atoms with E-state index in [2.05, 4.69) is 4.72 Å². The van der Waals surface area contributed by atoms with E-state index in [0.717, 1.165) is 50.0 Å². The minimum atomic E-state index is -5.08. The Hall–Kier alpha value is -4.02. The summed E-state index contributed by atoms with van der Waals surface area (Å²) < 4.78 is 105. The molecule has 2 aliphatic rings. The third-order valence-electron chi connectivity index (χ3n) is 8.66. The summed E-state index contributed by atoms with van der Waals surface area (Å²) in [5.41, 5.74) is 5.45. The lowest BCUT2D eigenvalue weighted by molar-refractivity contribution is -0.192. The van der Waals surface area contributed by atoms with Gasteiger partial charge in [-0.2, -0.15) is 26.7 Å². The number of carboxylic acids is 1. The summed E-state index contributed by atoms with van der Waals surface area (Å²) in [5.74, 6) is -6.73. The average Bonchev–Trinajstić information content (AvgIpc) is 3.60. The maximum absolute atomic E-state index is 16.3. The quantitative estimate of drug-likeness (QED) is 0.143. The lowest BCUT2D eigenvalue weighted by Gasteiger charge is -2.35. The molecule has 4 N–H and O–H groups in total. The third kappa shape index (κ3) is 10.7. The number of aliphatic carboxylic acids is 1. The molecule has 1 atom stereocenters. The van der Waals surface area contributed by atoms with Crippen LogP contribution in [-0.4, -0.2) is 74.4 Å². The molecule has 1 amide bonds. The first-order valence-corrected chi connectivity index (χ1v) is 18.2. The van der Waals surface area contributed by atoms with E-state index in [1.807, 2.05) is 13.0 Å². The van der Waals surface area contributed by atoms with Gasteiger partial charge in [0.1, 0.15) is 11.5 Å². The molecule has 1 aliphatic carbocycles. The first kappa shape index (κ1) is 39.8. The Kier molecular flexibility index (Phi) is 13.3. The van der Waals surface area contributed by atoms with Gasteiger partial charge in [0, 0.05) is 24.7 Å². The molecule has 2 fully saturated rings. The Morgan fingerprint density at radius 3 is 2.20 bits per heavy atom. The van der Waals surface area contributed by atoms with Gasteiger partial charge in [-0.05, 0) is 92.1 Å².